The molecule has 0 saturated heterocycles. The summed E-state index contributed by atoms with van der Waals surface area (Å²) in [5.41, 5.74) is 1.04. The van der Waals surface area contributed by atoms with Crippen LogP contribution in [0.25, 0.3) is 0 Å². The zero-order valence-electron chi connectivity index (χ0n) is 9.26. The highest BCUT2D eigenvalue weighted by Gasteiger charge is 2.13. The van der Waals surface area contributed by atoms with Crippen molar-refractivity contribution < 1.29 is 0 Å². The zero-order chi connectivity index (χ0) is 10.6. The average molecular weight is 194 g/mol. The number of nitrogens with one attached hydrogen (secondary N) is 2. The molecular formula is C10H18N4. The van der Waals surface area contributed by atoms with Crippen LogP contribution in [0.5, 0.6) is 0 Å². The van der Waals surface area contributed by atoms with Gasteiger partial charge >= 0.3 is 0 Å². The predicted molar refractivity (Wildman–Crippen MR) is 58.4 cm³/mol. The van der Waals surface area contributed by atoms with E-state index in [4.69, 9.17) is 0 Å². The molecule has 0 aliphatic heterocycles. The van der Waals surface area contributed by atoms with Gasteiger partial charge in [0, 0.05) is 23.8 Å². The Hall–Kier alpha value is -1.16. The largest absolute Gasteiger partial charge is 0.368 e. The van der Waals surface area contributed by atoms with Crippen LogP contribution in [0.4, 0.5) is 5.82 Å². The highest BCUT2D eigenvalue weighted by molar-refractivity contribution is 5.34. The van der Waals surface area contributed by atoms with Gasteiger partial charge in [-0.25, -0.2) is 9.97 Å². The molecule has 0 radical (unpaired) electrons. The fourth-order valence-electron chi connectivity index (χ4n) is 0.951. The lowest BCUT2D eigenvalue weighted by atomic mass is 10.1. The van der Waals surface area contributed by atoms with E-state index in [1.165, 1.54) is 0 Å². The number of nitrogens with zero attached hydrogens (tertiary/aromatic N) is 2. The Labute approximate surface area is 85.2 Å². The van der Waals surface area contributed by atoms with Crippen LogP contribution in [0, 0.1) is 6.92 Å². The van der Waals surface area contributed by atoms with Gasteiger partial charge in [-0.15, -0.1) is 0 Å². The van der Waals surface area contributed by atoms with Gasteiger partial charge in [-0.2, -0.15) is 0 Å². The van der Waals surface area contributed by atoms with E-state index in [2.05, 4.69) is 34.4 Å². The summed E-state index contributed by atoms with van der Waals surface area (Å²) < 4.78 is 0. The molecule has 0 unspecified atom stereocenters. The molecule has 78 valence electrons. The quantitative estimate of drug-likeness (QED) is 0.756. The summed E-state index contributed by atoms with van der Waals surface area (Å²) in [7, 11) is 1.95. The molecule has 0 spiro atoms. The lowest BCUT2D eigenvalue weighted by Crippen LogP contribution is -2.42. The Morgan fingerprint density at radius 3 is 2.64 bits per heavy atom. The van der Waals surface area contributed by atoms with Gasteiger partial charge in [0.2, 0.25) is 0 Å². The van der Waals surface area contributed by atoms with Gasteiger partial charge in [0.1, 0.15) is 12.1 Å². The van der Waals surface area contributed by atoms with Crippen molar-refractivity contribution in [3.63, 3.8) is 0 Å². The Morgan fingerprint density at radius 2 is 2.07 bits per heavy atom. The lowest BCUT2D eigenvalue weighted by molar-refractivity contribution is 0.447. The van der Waals surface area contributed by atoms with E-state index in [1.807, 2.05) is 20.0 Å². The second-order valence-electron chi connectivity index (χ2n) is 4.03. The first-order valence-electron chi connectivity index (χ1n) is 4.75. The second-order valence-corrected chi connectivity index (χ2v) is 4.03. The van der Waals surface area contributed by atoms with Crippen LogP contribution in [-0.4, -0.2) is 29.1 Å². The van der Waals surface area contributed by atoms with E-state index in [-0.39, 0.29) is 5.54 Å². The molecule has 1 aromatic heterocycles. The van der Waals surface area contributed by atoms with Crippen LogP contribution < -0.4 is 10.6 Å². The van der Waals surface area contributed by atoms with Gasteiger partial charge in [0.05, 0.1) is 0 Å². The minimum Gasteiger partial charge on any atom is -0.368 e. The fourth-order valence-corrected chi connectivity index (χ4v) is 0.951. The summed E-state index contributed by atoms with van der Waals surface area (Å²) in [4.78, 5) is 8.16. The first-order chi connectivity index (χ1) is 6.53. The number of rotatable bonds is 4. The normalized spacial score (nSPS) is 11.4. The van der Waals surface area contributed by atoms with Crippen molar-refractivity contribution in [3.05, 3.63) is 18.1 Å². The number of hydrogen-bond acceptors (Lipinski definition) is 4. The Bertz CT molecular complexity index is 296. The van der Waals surface area contributed by atoms with Crippen LogP contribution in [-0.2, 0) is 0 Å². The van der Waals surface area contributed by atoms with Crippen molar-refractivity contribution in [3.8, 4) is 0 Å². The highest BCUT2D eigenvalue weighted by atomic mass is 15.1. The number of aryl methyl sites for hydroxylation is 1. The minimum atomic E-state index is 0.0683. The maximum absolute atomic E-state index is 4.13. The van der Waals surface area contributed by atoms with Crippen LogP contribution in [0.3, 0.4) is 0 Å². The summed E-state index contributed by atoms with van der Waals surface area (Å²) in [6, 6.07) is 1.94. The van der Waals surface area contributed by atoms with Crippen molar-refractivity contribution in [2.45, 2.75) is 26.3 Å². The summed E-state index contributed by atoms with van der Waals surface area (Å²) in [5, 5.41) is 6.48. The monoisotopic (exact) mass is 194 g/mol. The average Bonchev–Trinajstić information content (AvgIpc) is 2.15. The maximum Gasteiger partial charge on any atom is 0.129 e. The Morgan fingerprint density at radius 1 is 1.36 bits per heavy atom. The van der Waals surface area contributed by atoms with E-state index in [0.717, 1.165) is 18.1 Å². The fraction of sp³-hybridized carbons (Fsp3) is 0.600. The number of hydrogen-bond donors (Lipinski definition) is 2. The maximum atomic E-state index is 4.13. The predicted octanol–water partition coefficient (Wildman–Crippen LogP) is 1.19. The van der Waals surface area contributed by atoms with E-state index in [9.17, 15) is 0 Å². The van der Waals surface area contributed by atoms with Gasteiger partial charge in [-0.05, 0) is 27.8 Å². The SMILES string of the molecule is CNC(C)(C)CNc1cc(C)ncn1. The van der Waals surface area contributed by atoms with Crippen LogP contribution in [0.2, 0.25) is 0 Å². The van der Waals surface area contributed by atoms with Crippen molar-refractivity contribution >= 4 is 5.82 Å². The molecule has 0 atom stereocenters. The van der Waals surface area contributed by atoms with Crippen LogP contribution in [0.15, 0.2) is 12.4 Å². The van der Waals surface area contributed by atoms with E-state index >= 15 is 0 Å². The smallest absolute Gasteiger partial charge is 0.129 e. The summed E-state index contributed by atoms with van der Waals surface area (Å²) in [6.07, 6.45) is 1.57. The minimum absolute atomic E-state index is 0.0683. The van der Waals surface area contributed by atoms with Gasteiger partial charge in [0.15, 0.2) is 0 Å². The van der Waals surface area contributed by atoms with E-state index in [0.29, 0.717) is 0 Å². The molecule has 1 rings (SSSR count). The molecule has 0 aromatic carbocycles. The number of likely N-dealkylation sites (N-methyl/N-ethyl adjacent to an activating group) is 1. The number of anilines is 1. The molecule has 0 bridgehead atoms. The van der Waals surface area contributed by atoms with Gasteiger partial charge in [-0.1, -0.05) is 0 Å². The Kier molecular flexibility index (Phi) is 3.41. The number of aromatic nitrogens is 2. The van der Waals surface area contributed by atoms with Crippen molar-refractivity contribution in [2.75, 3.05) is 18.9 Å². The Balaban J connectivity index is 2.54. The first-order valence-corrected chi connectivity index (χ1v) is 4.75. The molecule has 0 aliphatic carbocycles. The molecular weight excluding hydrogens is 176 g/mol. The van der Waals surface area contributed by atoms with Gasteiger partial charge < -0.3 is 10.6 Å². The molecule has 0 saturated carbocycles. The molecule has 1 heterocycles. The van der Waals surface area contributed by atoms with Gasteiger partial charge in [-0.3, -0.25) is 0 Å². The molecule has 4 heteroatoms. The third kappa shape index (κ3) is 3.30. The first kappa shape index (κ1) is 10.9. The molecule has 0 fully saturated rings. The van der Waals surface area contributed by atoms with Crippen LogP contribution in [0.1, 0.15) is 19.5 Å². The molecule has 4 nitrogen and oxygen atoms in total. The second kappa shape index (κ2) is 4.37. The highest BCUT2D eigenvalue weighted by Crippen LogP contribution is 2.06. The third-order valence-corrected chi connectivity index (χ3v) is 2.19. The summed E-state index contributed by atoms with van der Waals surface area (Å²) >= 11 is 0. The van der Waals surface area contributed by atoms with Crippen molar-refractivity contribution in [2.24, 2.45) is 0 Å². The lowest BCUT2D eigenvalue weighted by Gasteiger charge is -2.24. The van der Waals surface area contributed by atoms with Crippen LogP contribution >= 0.6 is 0 Å². The topological polar surface area (TPSA) is 49.8 Å². The summed E-state index contributed by atoms with van der Waals surface area (Å²) in [5.74, 6) is 0.876. The van der Waals surface area contributed by atoms with E-state index in [1.54, 1.807) is 6.33 Å². The molecule has 1 aromatic rings. The molecule has 2 N–H and O–H groups in total. The molecule has 0 aliphatic rings. The van der Waals surface area contributed by atoms with Crippen molar-refractivity contribution in [1.29, 1.82) is 0 Å². The van der Waals surface area contributed by atoms with E-state index < -0.39 is 0 Å². The zero-order valence-corrected chi connectivity index (χ0v) is 9.26. The van der Waals surface area contributed by atoms with Gasteiger partial charge in [0.25, 0.3) is 0 Å². The summed E-state index contributed by atoms with van der Waals surface area (Å²) in [6.45, 7) is 7.05. The standard InChI is InChI=1S/C10H18N4/c1-8-5-9(14-7-13-8)12-6-10(2,3)11-4/h5,7,11H,6H2,1-4H3,(H,12,13,14). The molecule has 14 heavy (non-hydrogen) atoms. The van der Waals surface area contributed by atoms with Crippen molar-refractivity contribution in [1.82, 2.24) is 15.3 Å². The third-order valence-electron chi connectivity index (χ3n) is 2.19. The molecule has 0 amide bonds.